The molecular weight excluding hydrogens is 707 g/mol. The zero-order valence-electron chi connectivity index (χ0n) is 38.4. The van der Waals surface area contributed by atoms with Crippen molar-refractivity contribution in [2.75, 3.05) is 6.61 Å². The van der Waals surface area contributed by atoms with Gasteiger partial charge in [0.05, 0.1) is 18.8 Å². The van der Waals surface area contributed by atoms with Crippen LogP contribution in [-0.4, -0.2) is 57.3 Å². The van der Waals surface area contributed by atoms with Crippen molar-refractivity contribution in [1.82, 2.24) is 5.32 Å². The Bertz CT molecular complexity index is 821. The normalized spacial score (nSPS) is 14.0. The van der Waals surface area contributed by atoms with Crippen LogP contribution in [-0.2, 0) is 4.79 Å². The fourth-order valence-electron chi connectivity index (χ4n) is 8.17. The predicted molar refractivity (Wildman–Crippen MR) is 247 cm³/mol. The van der Waals surface area contributed by atoms with Crippen molar-refractivity contribution in [1.29, 1.82) is 0 Å². The molecule has 0 saturated carbocycles. The fraction of sp³-hybridized carbons (Fsp3) is 0.941. The zero-order chi connectivity index (χ0) is 41.7. The number of rotatable bonds is 47. The summed E-state index contributed by atoms with van der Waals surface area (Å²) in [5, 5.41) is 43.6. The highest BCUT2D eigenvalue weighted by atomic mass is 16.3. The minimum absolute atomic E-state index is 0.373. The summed E-state index contributed by atoms with van der Waals surface area (Å²) in [7, 11) is 0. The zero-order valence-corrected chi connectivity index (χ0v) is 38.4. The fourth-order valence-corrected chi connectivity index (χ4v) is 8.17. The second-order valence-corrected chi connectivity index (χ2v) is 17.9. The Morgan fingerprint density at radius 2 is 0.702 bits per heavy atom. The number of aliphatic hydroxyl groups excluding tert-OH is 4. The molecule has 57 heavy (non-hydrogen) atoms. The maximum Gasteiger partial charge on any atom is 0.249 e. The van der Waals surface area contributed by atoms with Gasteiger partial charge < -0.3 is 25.7 Å². The Labute approximate surface area is 355 Å². The summed E-state index contributed by atoms with van der Waals surface area (Å²) in [5.74, 6) is -0.581. The quantitative estimate of drug-likeness (QED) is 0.0311. The highest BCUT2D eigenvalue weighted by Crippen LogP contribution is 2.17. The van der Waals surface area contributed by atoms with Crippen molar-refractivity contribution in [2.45, 2.75) is 301 Å². The van der Waals surface area contributed by atoms with Crippen molar-refractivity contribution in [3.63, 3.8) is 0 Å². The molecule has 0 bridgehead atoms. The third-order valence-electron chi connectivity index (χ3n) is 12.2. The van der Waals surface area contributed by atoms with Crippen molar-refractivity contribution >= 4 is 5.91 Å². The van der Waals surface area contributed by atoms with E-state index in [0.717, 1.165) is 38.5 Å². The molecular formula is C51H101NO5. The molecule has 0 aromatic heterocycles. The molecule has 6 heteroatoms. The van der Waals surface area contributed by atoms with Gasteiger partial charge in [-0.1, -0.05) is 251 Å². The van der Waals surface area contributed by atoms with E-state index in [2.05, 4.69) is 31.3 Å². The van der Waals surface area contributed by atoms with Crippen LogP contribution in [0, 0.1) is 0 Å². The van der Waals surface area contributed by atoms with Crippen LogP contribution in [0.15, 0.2) is 12.2 Å². The summed E-state index contributed by atoms with van der Waals surface area (Å²) in [6.07, 6.45) is 52.9. The molecule has 6 nitrogen and oxygen atoms in total. The first kappa shape index (κ1) is 56.0. The smallest absolute Gasteiger partial charge is 0.249 e. The van der Waals surface area contributed by atoms with Gasteiger partial charge in [0.1, 0.15) is 12.2 Å². The molecule has 0 fully saturated rings. The van der Waals surface area contributed by atoms with E-state index in [1.54, 1.807) is 0 Å². The predicted octanol–water partition coefficient (Wildman–Crippen LogP) is 14.1. The van der Waals surface area contributed by atoms with Gasteiger partial charge in [-0.3, -0.25) is 4.79 Å². The van der Waals surface area contributed by atoms with E-state index in [9.17, 15) is 25.2 Å². The Kier molecular flexibility index (Phi) is 45.4. The molecule has 0 heterocycles. The van der Waals surface area contributed by atoms with Crippen LogP contribution in [0.1, 0.15) is 277 Å². The number of carbonyl (C=O) groups excluding carboxylic acids is 1. The molecule has 0 aromatic carbocycles. The number of hydrogen-bond donors (Lipinski definition) is 5. The van der Waals surface area contributed by atoms with E-state index in [-0.39, 0.29) is 0 Å². The summed E-state index contributed by atoms with van der Waals surface area (Å²) in [5.41, 5.74) is 0. The molecule has 0 spiro atoms. The Morgan fingerprint density at radius 3 is 1.02 bits per heavy atom. The van der Waals surface area contributed by atoms with E-state index in [0.29, 0.717) is 12.8 Å². The van der Waals surface area contributed by atoms with Gasteiger partial charge in [-0.2, -0.15) is 0 Å². The standard InChI is InChI=1S/C51H101NO5/c1-3-5-7-9-11-13-15-16-17-18-19-20-21-22-23-24-25-26-27-28-29-30-31-32-33-34-35-37-39-41-43-45-49(55)51(57)52-47(46-53)50(56)48(54)44-42-40-38-36-14-12-10-8-6-4-2/h22-23,47-50,53-56H,3-21,24-46H2,1-2H3,(H,52,57)/b23-22-. The largest absolute Gasteiger partial charge is 0.394 e. The monoisotopic (exact) mass is 808 g/mol. The SMILES string of the molecule is CCCCCCCCCCCCCC/C=C\CCCCCCCCCCCCCCCCCC(O)C(=O)NC(CO)C(O)C(O)CCCCCCCCCCCC. The van der Waals surface area contributed by atoms with E-state index in [1.165, 1.54) is 212 Å². The van der Waals surface area contributed by atoms with E-state index in [1.807, 2.05) is 0 Å². The van der Waals surface area contributed by atoms with Gasteiger partial charge >= 0.3 is 0 Å². The van der Waals surface area contributed by atoms with Crippen molar-refractivity contribution in [3.8, 4) is 0 Å². The molecule has 4 atom stereocenters. The number of allylic oxidation sites excluding steroid dienone is 2. The molecule has 5 N–H and O–H groups in total. The lowest BCUT2D eigenvalue weighted by Gasteiger charge is -2.27. The van der Waals surface area contributed by atoms with Crippen LogP contribution in [0.5, 0.6) is 0 Å². The van der Waals surface area contributed by atoms with Crippen LogP contribution in [0.3, 0.4) is 0 Å². The second-order valence-electron chi connectivity index (χ2n) is 17.9. The highest BCUT2D eigenvalue weighted by Gasteiger charge is 2.28. The topological polar surface area (TPSA) is 110 Å². The molecule has 0 aliphatic rings. The Balaban J connectivity index is 3.53. The average Bonchev–Trinajstić information content (AvgIpc) is 3.22. The van der Waals surface area contributed by atoms with Gasteiger partial charge in [0, 0.05) is 0 Å². The summed E-state index contributed by atoms with van der Waals surface area (Å²) >= 11 is 0. The van der Waals surface area contributed by atoms with Gasteiger partial charge in [-0.15, -0.1) is 0 Å². The first-order valence-corrected chi connectivity index (χ1v) is 25.6. The van der Waals surface area contributed by atoms with E-state index < -0.39 is 36.9 Å². The molecule has 0 saturated heterocycles. The summed E-state index contributed by atoms with van der Waals surface area (Å²) < 4.78 is 0. The first-order valence-electron chi connectivity index (χ1n) is 25.6. The number of aliphatic hydroxyl groups is 4. The van der Waals surface area contributed by atoms with Gasteiger partial charge in [0.2, 0.25) is 5.91 Å². The minimum atomic E-state index is -1.25. The van der Waals surface area contributed by atoms with Crippen molar-refractivity contribution in [2.24, 2.45) is 0 Å². The molecule has 0 aliphatic heterocycles. The summed E-state index contributed by atoms with van der Waals surface area (Å²) in [6.45, 7) is 4.05. The minimum Gasteiger partial charge on any atom is -0.394 e. The summed E-state index contributed by atoms with van der Waals surface area (Å²) in [6, 6.07) is -0.980. The highest BCUT2D eigenvalue weighted by molar-refractivity contribution is 5.80. The Hall–Kier alpha value is -0.950. The van der Waals surface area contributed by atoms with E-state index >= 15 is 0 Å². The summed E-state index contributed by atoms with van der Waals surface area (Å²) in [4.78, 5) is 12.5. The first-order chi connectivity index (χ1) is 28.0. The second kappa shape index (κ2) is 46.1. The average molecular weight is 808 g/mol. The van der Waals surface area contributed by atoms with Gasteiger partial charge in [0.15, 0.2) is 0 Å². The van der Waals surface area contributed by atoms with E-state index in [4.69, 9.17) is 0 Å². The van der Waals surface area contributed by atoms with Crippen molar-refractivity contribution in [3.05, 3.63) is 12.2 Å². The molecule has 0 radical (unpaired) electrons. The van der Waals surface area contributed by atoms with Crippen molar-refractivity contribution < 1.29 is 25.2 Å². The Morgan fingerprint density at radius 1 is 0.421 bits per heavy atom. The number of hydrogen-bond acceptors (Lipinski definition) is 5. The molecule has 0 aliphatic carbocycles. The molecule has 1 amide bonds. The van der Waals surface area contributed by atoms with Crippen LogP contribution in [0.25, 0.3) is 0 Å². The van der Waals surface area contributed by atoms with Gasteiger partial charge in [-0.05, 0) is 38.5 Å². The number of carbonyl (C=O) groups is 1. The lowest BCUT2D eigenvalue weighted by Crippen LogP contribution is -2.53. The molecule has 4 unspecified atom stereocenters. The maximum absolute atomic E-state index is 12.5. The third-order valence-corrected chi connectivity index (χ3v) is 12.2. The number of nitrogens with one attached hydrogen (secondary N) is 1. The number of unbranched alkanes of at least 4 members (excludes halogenated alkanes) is 36. The van der Waals surface area contributed by atoms with Crippen LogP contribution < -0.4 is 5.32 Å². The van der Waals surface area contributed by atoms with Gasteiger partial charge in [-0.25, -0.2) is 0 Å². The molecule has 0 rings (SSSR count). The lowest BCUT2D eigenvalue weighted by molar-refractivity contribution is -0.132. The third kappa shape index (κ3) is 40.2. The molecule has 340 valence electrons. The number of amides is 1. The van der Waals surface area contributed by atoms with Crippen LogP contribution in [0.2, 0.25) is 0 Å². The lowest BCUT2D eigenvalue weighted by atomic mass is 9.99. The van der Waals surface area contributed by atoms with Gasteiger partial charge in [0.25, 0.3) is 0 Å². The maximum atomic E-state index is 12.5. The van der Waals surface area contributed by atoms with Crippen LogP contribution in [0.4, 0.5) is 0 Å². The molecule has 0 aromatic rings. The van der Waals surface area contributed by atoms with Crippen LogP contribution >= 0.6 is 0 Å².